The second kappa shape index (κ2) is 10.1. The van der Waals surface area contributed by atoms with Crippen molar-refractivity contribution in [1.29, 1.82) is 0 Å². The molecule has 2 unspecified atom stereocenters. The standard InChI is InChI=1S/C14H22O7/c1-9(2)13(15)20-11(5)18-7-17-8-19-12(6)21-14(16)10(3)4/h11-12H,1,3,7-8H2,2,4-6H3. The first-order valence-corrected chi connectivity index (χ1v) is 6.28. The molecule has 0 amide bonds. The molecule has 0 aliphatic carbocycles. The van der Waals surface area contributed by atoms with Crippen LogP contribution in [-0.4, -0.2) is 38.1 Å². The molecule has 0 aromatic carbocycles. The van der Waals surface area contributed by atoms with Crippen molar-refractivity contribution < 1.29 is 33.3 Å². The summed E-state index contributed by atoms with van der Waals surface area (Å²) in [7, 11) is 0. The first-order valence-electron chi connectivity index (χ1n) is 6.28. The van der Waals surface area contributed by atoms with Crippen molar-refractivity contribution in [3.8, 4) is 0 Å². The van der Waals surface area contributed by atoms with Gasteiger partial charge in [0.05, 0.1) is 0 Å². The minimum atomic E-state index is -0.770. The molecule has 0 spiro atoms. The van der Waals surface area contributed by atoms with Gasteiger partial charge in [0.1, 0.15) is 0 Å². The zero-order valence-corrected chi connectivity index (χ0v) is 12.8. The van der Waals surface area contributed by atoms with Crippen molar-refractivity contribution in [2.45, 2.75) is 40.3 Å². The zero-order valence-electron chi connectivity index (χ0n) is 12.8. The summed E-state index contributed by atoms with van der Waals surface area (Å²) in [6.45, 7) is 12.8. The van der Waals surface area contributed by atoms with E-state index in [-0.39, 0.29) is 24.7 Å². The Kier molecular flexibility index (Phi) is 9.27. The average Bonchev–Trinajstić information content (AvgIpc) is 2.37. The highest BCUT2D eigenvalue weighted by molar-refractivity contribution is 5.87. The van der Waals surface area contributed by atoms with Gasteiger partial charge in [-0.25, -0.2) is 9.59 Å². The molecule has 0 aromatic rings. The summed E-state index contributed by atoms with van der Waals surface area (Å²) < 4.78 is 24.8. The van der Waals surface area contributed by atoms with Gasteiger partial charge in [-0.05, 0) is 27.7 Å². The molecule has 0 bridgehead atoms. The number of carbonyl (C=O) groups excluding carboxylic acids is 2. The van der Waals surface area contributed by atoms with Crippen molar-refractivity contribution >= 4 is 11.9 Å². The Balaban J connectivity index is 3.67. The van der Waals surface area contributed by atoms with E-state index in [2.05, 4.69) is 13.2 Å². The Morgan fingerprint density at radius 2 is 1.19 bits per heavy atom. The average molecular weight is 302 g/mol. The van der Waals surface area contributed by atoms with Crippen LogP contribution in [0.25, 0.3) is 0 Å². The molecule has 0 saturated heterocycles. The molecule has 0 heterocycles. The predicted molar refractivity (Wildman–Crippen MR) is 73.7 cm³/mol. The van der Waals surface area contributed by atoms with Gasteiger partial charge in [-0.2, -0.15) is 0 Å². The summed E-state index contributed by atoms with van der Waals surface area (Å²) in [4.78, 5) is 22.3. The van der Waals surface area contributed by atoms with Gasteiger partial charge in [-0.15, -0.1) is 0 Å². The first kappa shape index (κ1) is 19.3. The second-order valence-electron chi connectivity index (χ2n) is 4.28. The van der Waals surface area contributed by atoms with Crippen LogP contribution in [0.15, 0.2) is 24.3 Å². The zero-order chi connectivity index (χ0) is 16.4. The molecule has 0 rings (SSSR count). The van der Waals surface area contributed by atoms with E-state index in [0.29, 0.717) is 0 Å². The number of esters is 2. The summed E-state index contributed by atoms with van der Waals surface area (Å²) in [5, 5.41) is 0. The van der Waals surface area contributed by atoms with Crippen molar-refractivity contribution in [1.82, 2.24) is 0 Å². The monoisotopic (exact) mass is 302 g/mol. The minimum Gasteiger partial charge on any atom is -0.433 e. The largest absolute Gasteiger partial charge is 0.433 e. The van der Waals surface area contributed by atoms with Crippen LogP contribution in [0.5, 0.6) is 0 Å². The fraction of sp³-hybridized carbons (Fsp3) is 0.571. The van der Waals surface area contributed by atoms with Crippen molar-refractivity contribution in [2.24, 2.45) is 0 Å². The third-order valence-electron chi connectivity index (χ3n) is 2.02. The first-order chi connectivity index (χ1) is 9.73. The number of hydrogen-bond acceptors (Lipinski definition) is 7. The van der Waals surface area contributed by atoms with Crippen molar-refractivity contribution in [2.75, 3.05) is 13.6 Å². The lowest BCUT2D eigenvalue weighted by molar-refractivity contribution is -0.232. The molecule has 7 heteroatoms. The fourth-order valence-electron chi connectivity index (χ4n) is 0.893. The van der Waals surface area contributed by atoms with Crippen LogP contribution >= 0.6 is 0 Å². The van der Waals surface area contributed by atoms with Gasteiger partial charge in [0.15, 0.2) is 13.6 Å². The van der Waals surface area contributed by atoms with Crippen LogP contribution in [0.2, 0.25) is 0 Å². The van der Waals surface area contributed by atoms with Crippen molar-refractivity contribution in [3.05, 3.63) is 24.3 Å². The molecule has 0 radical (unpaired) electrons. The smallest absolute Gasteiger partial charge is 0.335 e. The minimum absolute atomic E-state index is 0.147. The summed E-state index contributed by atoms with van der Waals surface area (Å²) >= 11 is 0. The summed E-state index contributed by atoms with van der Waals surface area (Å²) in [5.41, 5.74) is 0.561. The molecule has 0 saturated carbocycles. The Bertz CT molecular complexity index is 353. The number of ether oxygens (including phenoxy) is 5. The molecule has 120 valence electrons. The molecule has 0 aliphatic heterocycles. The van der Waals surface area contributed by atoms with Gasteiger partial charge in [0.25, 0.3) is 0 Å². The van der Waals surface area contributed by atoms with E-state index >= 15 is 0 Å². The lowest BCUT2D eigenvalue weighted by atomic mass is 10.4. The maximum Gasteiger partial charge on any atom is 0.335 e. The molecular formula is C14H22O7. The Hall–Kier alpha value is -1.70. The van der Waals surface area contributed by atoms with E-state index in [1.807, 2.05) is 0 Å². The van der Waals surface area contributed by atoms with E-state index < -0.39 is 24.5 Å². The summed E-state index contributed by atoms with van der Waals surface area (Å²) in [5.74, 6) is -1.09. The highest BCUT2D eigenvalue weighted by Crippen LogP contribution is 2.02. The maximum absolute atomic E-state index is 11.2. The van der Waals surface area contributed by atoms with Gasteiger partial charge < -0.3 is 23.7 Å². The molecule has 7 nitrogen and oxygen atoms in total. The quantitative estimate of drug-likeness (QED) is 0.264. The lowest BCUT2D eigenvalue weighted by Crippen LogP contribution is -2.22. The lowest BCUT2D eigenvalue weighted by Gasteiger charge is -2.16. The van der Waals surface area contributed by atoms with Crippen molar-refractivity contribution in [3.63, 3.8) is 0 Å². The molecule has 0 aliphatic rings. The fourth-order valence-corrected chi connectivity index (χ4v) is 0.893. The van der Waals surface area contributed by atoms with Crippen LogP contribution < -0.4 is 0 Å². The molecule has 0 N–H and O–H groups in total. The van der Waals surface area contributed by atoms with Gasteiger partial charge in [-0.1, -0.05) is 13.2 Å². The number of rotatable bonds is 10. The normalized spacial score (nSPS) is 13.1. The molecule has 2 atom stereocenters. The maximum atomic E-state index is 11.2. The molecular weight excluding hydrogens is 280 g/mol. The molecule has 21 heavy (non-hydrogen) atoms. The third-order valence-corrected chi connectivity index (χ3v) is 2.02. The van der Waals surface area contributed by atoms with Crippen LogP contribution in [0.4, 0.5) is 0 Å². The van der Waals surface area contributed by atoms with E-state index in [1.165, 1.54) is 13.8 Å². The highest BCUT2D eigenvalue weighted by Gasteiger charge is 2.11. The van der Waals surface area contributed by atoms with E-state index in [9.17, 15) is 9.59 Å². The predicted octanol–water partition coefficient (Wildman–Crippen LogP) is 1.88. The molecule has 0 aromatic heterocycles. The SMILES string of the molecule is C=C(C)C(=O)OC(C)OCOCOC(C)OC(=O)C(=C)C. The van der Waals surface area contributed by atoms with Crippen LogP contribution in [0.1, 0.15) is 27.7 Å². The second-order valence-corrected chi connectivity index (χ2v) is 4.28. The molecule has 0 fully saturated rings. The Morgan fingerprint density at radius 1 is 0.857 bits per heavy atom. The summed E-state index contributed by atoms with van der Waals surface area (Å²) in [6.07, 6.45) is -1.54. The van der Waals surface area contributed by atoms with Gasteiger partial charge in [-0.3, -0.25) is 0 Å². The van der Waals surface area contributed by atoms with E-state index in [1.54, 1.807) is 13.8 Å². The van der Waals surface area contributed by atoms with Gasteiger partial charge >= 0.3 is 11.9 Å². The van der Waals surface area contributed by atoms with E-state index in [0.717, 1.165) is 0 Å². The Labute approximate surface area is 124 Å². The van der Waals surface area contributed by atoms with Crippen LogP contribution in [0.3, 0.4) is 0 Å². The van der Waals surface area contributed by atoms with Crippen LogP contribution in [0, 0.1) is 0 Å². The Morgan fingerprint density at radius 3 is 1.48 bits per heavy atom. The third kappa shape index (κ3) is 9.78. The van der Waals surface area contributed by atoms with Gasteiger partial charge in [0, 0.05) is 11.1 Å². The van der Waals surface area contributed by atoms with Crippen LogP contribution in [-0.2, 0) is 33.3 Å². The van der Waals surface area contributed by atoms with Gasteiger partial charge in [0.2, 0.25) is 12.6 Å². The summed E-state index contributed by atoms with van der Waals surface area (Å²) in [6, 6.07) is 0. The number of carbonyl (C=O) groups is 2. The highest BCUT2D eigenvalue weighted by atomic mass is 16.8. The number of hydrogen-bond donors (Lipinski definition) is 0. The van der Waals surface area contributed by atoms with E-state index in [4.69, 9.17) is 23.7 Å². The topological polar surface area (TPSA) is 80.3 Å².